The topological polar surface area (TPSA) is 54.6 Å². The van der Waals surface area contributed by atoms with Gasteiger partial charge in [0.1, 0.15) is 5.76 Å². The summed E-state index contributed by atoms with van der Waals surface area (Å²) in [6.07, 6.45) is 2.51. The van der Waals surface area contributed by atoms with Crippen LogP contribution in [0.2, 0.25) is 0 Å². The van der Waals surface area contributed by atoms with Gasteiger partial charge in [-0.25, -0.2) is 5.43 Å². The minimum atomic E-state index is -0.228. The molecule has 0 aliphatic carbocycles. The standard InChI is InChI=1S/C12H18N2O2/c1-5-8(2)9(3)13-14-12(15)11-6-7-16-10(11)4/h6-8H,5H2,1-4H3,(H,14,15)/b13-9-/t8-/m0/s1. The Morgan fingerprint density at radius 1 is 1.62 bits per heavy atom. The van der Waals surface area contributed by atoms with Gasteiger partial charge in [0.25, 0.3) is 5.91 Å². The summed E-state index contributed by atoms with van der Waals surface area (Å²) >= 11 is 0. The number of hydrogen-bond donors (Lipinski definition) is 1. The highest BCUT2D eigenvalue weighted by molar-refractivity contribution is 5.96. The molecule has 1 amide bonds. The minimum absolute atomic E-state index is 0.228. The van der Waals surface area contributed by atoms with Crippen molar-refractivity contribution in [2.24, 2.45) is 11.0 Å². The van der Waals surface area contributed by atoms with Gasteiger partial charge in [0.15, 0.2) is 0 Å². The second-order valence-electron chi connectivity index (χ2n) is 3.89. The lowest BCUT2D eigenvalue weighted by atomic mass is 10.1. The number of aryl methyl sites for hydroxylation is 1. The van der Waals surface area contributed by atoms with Gasteiger partial charge in [-0.1, -0.05) is 13.8 Å². The summed E-state index contributed by atoms with van der Waals surface area (Å²) in [5, 5.41) is 4.07. The first-order valence-corrected chi connectivity index (χ1v) is 5.44. The Labute approximate surface area is 95.7 Å². The largest absolute Gasteiger partial charge is 0.469 e. The van der Waals surface area contributed by atoms with E-state index in [0.29, 0.717) is 17.2 Å². The molecule has 0 aliphatic heterocycles. The minimum Gasteiger partial charge on any atom is -0.469 e. The molecule has 0 radical (unpaired) electrons. The van der Waals surface area contributed by atoms with E-state index in [0.717, 1.165) is 12.1 Å². The van der Waals surface area contributed by atoms with E-state index in [-0.39, 0.29) is 5.91 Å². The van der Waals surface area contributed by atoms with Gasteiger partial charge in [0.05, 0.1) is 11.8 Å². The third-order valence-electron chi connectivity index (χ3n) is 2.76. The first-order chi connectivity index (χ1) is 7.56. The Balaban J connectivity index is 2.63. The molecule has 1 atom stereocenters. The van der Waals surface area contributed by atoms with Crippen molar-refractivity contribution < 1.29 is 9.21 Å². The summed E-state index contributed by atoms with van der Waals surface area (Å²) in [5.41, 5.74) is 3.99. The molecule has 0 fully saturated rings. The van der Waals surface area contributed by atoms with Crippen molar-refractivity contribution in [3.8, 4) is 0 Å². The maximum absolute atomic E-state index is 11.7. The lowest BCUT2D eigenvalue weighted by molar-refractivity contribution is 0.0953. The van der Waals surface area contributed by atoms with E-state index in [1.54, 1.807) is 13.0 Å². The fraction of sp³-hybridized carbons (Fsp3) is 0.500. The van der Waals surface area contributed by atoms with Crippen LogP contribution in [-0.4, -0.2) is 11.6 Å². The summed E-state index contributed by atoms with van der Waals surface area (Å²) in [4.78, 5) is 11.7. The van der Waals surface area contributed by atoms with Gasteiger partial charge in [0.2, 0.25) is 0 Å². The molecule has 1 heterocycles. The molecule has 4 heteroatoms. The Morgan fingerprint density at radius 2 is 2.31 bits per heavy atom. The molecular weight excluding hydrogens is 204 g/mol. The van der Waals surface area contributed by atoms with E-state index in [1.807, 2.05) is 6.92 Å². The zero-order valence-corrected chi connectivity index (χ0v) is 10.2. The van der Waals surface area contributed by atoms with Crippen LogP contribution in [0.1, 0.15) is 43.3 Å². The Bertz CT molecular complexity index is 393. The molecule has 16 heavy (non-hydrogen) atoms. The second-order valence-corrected chi connectivity index (χ2v) is 3.89. The monoisotopic (exact) mass is 222 g/mol. The zero-order chi connectivity index (χ0) is 12.1. The van der Waals surface area contributed by atoms with Crippen LogP contribution >= 0.6 is 0 Å². The zero-order valence-electron chi connectivity index (χ0n) is 10.2. The summed E-state index contributed by atoms with van der Waals surface area (Å²) in [6, 6.07) is 1.64. The molecule has 0 aliphatic rings. The fourth-order valence-electron chi connectivity index (χ4n) is 1.23. The molecule has 0 bridgehead atoms. The van der Waals surface area contributed by atoms with E-state index >= 15 is 0 Å². The first kappa shape index (κ1) is 12.5. The molecule has 0 aromatic carbocycles. The van der Waals surface area contributed by atoms with Crippen LogP contribution in [0.4, 0.5) is 0 Å². The summed E-state index contributed by atoms with van der Waals surface area (Å²) in [7, 11) is 0. The van der Waals surface area contributed by atoms with E-state index in [1.165, 1.54) is 6.26 Å². The van der Waals surface area contributed by atoms with Gasteiger partial charge in [-0.3, -0.25) is 4.79 Å². The molecule has 1 aromatic heterocycles. The normalized spacial score (nSPS) is 13.6. The number of rotatable bonds is 4. The van der Waals surface area contributed by atoms with Crippen LogP contribution in [0.25, 0.3) is 0 Å². The third-order valence-corrected chi connectivity index (χ3v) is 2.76. The lowest BCUT2D eigenvalue weighted by Gasteiger charge is -2.07. The number of furan rings is 1. The average Bonchev–Trinajstić information content (AvgIpc) is 2.70. The first-order valence-electron chi connectivity index (χ1n) is 5.44. The van der Waals surface area contributed by atoms with Gasteiger partial charge < -0.3 is 4.42 Å². The molecule has 1 rings (SSSR count). The number of hydrogen-bond acceptors (Lipinski definition) is 3. The average molecular weight is 222 g/mol. The van der Waals surface area contributed by atoms with Gasteiger partial charge in [-0.15, -0.1) is 0 Å². The van der Waals surface area contributed by atoms with Crippen molar-refractivity contribution in [1.82, 2.24) is 5.43 Å². The van der Waals surface area contributed by atoms with Crippen molar-refractivity contribution in [3.05, 3.63) is 23.7 Å². The van der Waals surface area contributed by atoms with Crippen LogP contribution in [0.15, 0.2) is 21.8 Å². The SMILES string of the molecule is CC[C@H](C)/C(C)=N\NC(=O)c1ccoc1C. The summed E-state index contributed by atoms with van der Waals surface area (Å²) in [5.74, 6) is 0.758. The van der Waals surface area contributed by atoms with Crippen LogP contribution in [0, 0.1) is 12.8 Å². The number of carbonyl (C=O) groups is 1. The lowest BCUT2D eigenvalue weighted by Crippen LogP contribution is -2.21. The second kappa shape index (κ2) is 5.49. The van der Waals surface area contributed by atoms with Gasteiger partial charge in [0, 0.05) is 5.71 Å². The van der Waals surface area contributed by atoms with Crippen LogP contribution < -0.4 is 5.43 Å². The van der Waals surface area contributed by atoms with Crippen LogP contribution in [0.3, 0.4) is 0 Å². The van der Waals surface area contributed by atoms with Crippen molar-refractivity contribution in [1.29, 1.82) is 0 Å². The Hall–Kier alpha value is -1.58. The molecule has 0 unspecified atom stereocenters. The number of nitrogens with zero attached hydrogens (tertiary/aromatic N) is 1. The number of carbonyl (C=O) groups excluding carboxylic acids is 1. The molecule has 0 saturated carbocycles. The highest BCUT2D eigenvalue weighted by Crippen LogP contribution is 2.08. The van der Waals surface area contributed by atoms with Crippen molar-refractivity contribution in [2.75, 3.05) is 0 Å². The Morgan fingerprint density at radius 3 is 2.81 bits per heavy atom. The maximum atomic E-state index is 11.7. The predicted octanol–water partition coefficient (Wildman–Crippen LogP) is 2.74. The molecule has 0 saturated heterocycles. The van der Waals surface area contributed by atoms with E-state index in [9.17, 15) is 4.79 Å². The van der Waals surface area contributed by atoms with Crippen molar-refractivity contribution in [3.63, 3.8) is 0 Å². The van der Waals surface area contributed by atoms with Gasteiger partial charge >= 0.3 is 0 Å². The van der Waals surface area contributed by atoms with Crippen molar-refractivity contribution >= 4 is 11.6 Å². The Kier molecular flexibility index (Phi) is 4.28. The van der Waals surface area contributed by atoms with E-state index < -0.39 is 0 Å². The summed E-state index contributed by atoms with van der Waals surface area (Å²) < 4.78 is 5.05. The van der Waals surface area contributed by atoms with E-state index in [4.69, 9.17) is 4.42 Å². The molecule has 0 spiro atoms. The molecule has 88 valence electrons. The van der Waals surface area contributed by atoms with Crippen LogP contribution in [0.5, 0.6) is 0 Å². The third kappa shape index (κ3) is 2.95. The highest BCUT2D eigenvalue weighted by Gasteiger charge is 2.11. The molecular formula is C12H18N2O2. The number of nitrogens with one attached hydrogen (secondary N) is 1. The molecule has 1 aromatic rings. The van der Waals surface area contributed by atoms with Crippen molar-refractivity contribution in [2.45, 2.75) is 34.1 Å². The summed E-state index contributed by atoms with van der Waals surface area (Å²) in [6.45, 7) is 7.83. The number of hydrazone groups is 1. The quantitative estimate of drug-likeness (QED) is 0.629. The fourth-order valence-corrected chi connectivity index (χ4v) is 1.23. The van der Waals surface area contributed by atoms with Gasteiger partial charge in [-0.05, 0) is 32.3 Å². The highest BCUT2D eigenvalue weighted by atomic mass is 16.3. The smallest absolute Gasteiger partial charge is 0.274 e. The predicted molar refractivity (Wildman–Crippen MR) is 63.5 cm³/mol. The maximum Gasteiger partial charge on any atom is 0.274 e. The molecule has 1 N–H and O–H groups in total. The number of amides is 1. The van der Waals surface area contributed by atoms with Crippen LogP contribution in [-0.2, 0) is 0 Å². The van der Waals surface area contributed by atoms with Gasteiger partial charge in [-0.2, -0.15) is 5.10 Å². The van der Waals surface area contributed by atoms with E-state index in [2.05, 4.69) is 24.4 Å². The molecule has 4 nitrogen and oxygen atoms in total.